The number of benzene rings is 2. The molecule has 0 aromatic heterocycles. The summed E-state index contributed by atoms with van der Waals surface area (Å²) in [5.41, 5.74) is 3.31. The molecule has 0 spiro atoms. The monoisotopic (exact) mass is 732 g/mol. The second-order valence-corrected chi connectivity index (χ2v) is 22.8. The lowest BCUT2D eigenvalue weighted by molar-refractivity contribution is 0.0292. The van der Waals surface area contributed by atoms with Gasteiger partial charge in [0.2, 0.25) is 0 Å². The van der Waals surface area contributed by atoms with Gasteiger partial charge in [-0.05, 0) is 148 Å². The van der Waals surface area contributed by atoms with Crippen LogP contribution in [0.4, 0.5) is 0 Å². The van der Waals surface area contributed by atoms with E-state index in [-0.39, 0.29) is 0 Å². The molecule has 2 nitrogen and oxygen atoms in total. The molecule has 4 saturated heterocycles. The zero-order valence-electron chi connectivity index (χ0n) is 31.6. The highest BCUT2D eigenvalue weighted by molar-refractivity contribution is 8.01. The van der Waals surface area contributed by atoms with Gasteiger partial charge in [0.1, 0.15) is 0 Å². The first-order chi connectivity index (χ1) is 25.8. The molecule has 0 amide bonds. The molecule has 10 fully saturated rings. The van der Waals surface area contributed by atoms with Gasteiger partial charge in [0.05, 0.1) is 0 Å². The summed E-state index contributed by atoms with van der Waals surface area (Å²) in [6, 6.07) is 29.0. The molecule has 4 heteroatoms. The van der Waals surface area contributed by atoms with E-state index in [1.807, 2.05) is 0 Å². The van der Waals surface area contributed by atoms with Crippen molar-refractivity contribution in [2.75, 3.05) is 0 Å². The van der Waals surface area contributed by atoms with Gasteiger partial charge in [0.15, 0.2) is 0 Å². The first-order valence-corrected chi connectivity index (χ1v) is 24.6. The van der Waals surface area contributed by atoms with Gasteiger partial charge in [-0.25, -0.2) is 0 Å². The number of rotatable bonds is 3. The first kappa shape index (κ1) is 33.2. The Balaban J connectivity index is 0.809. The molecule has 278 valence electrons. The number of hydrogen-bond acceptors (Lipinski definition) is 4. The third-order valence-electron chi connectivity index (χ3n) is 18.2. The fraction of sp³-hybridized carbons (Fsp3) is 0.750. The number of hydrogen-bond donors (Lipinski definition) is 0. The van der Waals surface area contributed by atoms with E-state index in [2.05, 4.69) is 94.0 Å². The van der Waals surface area contributed by atoms with Crippen LogP contribution in [-0.4, -0.2) is 67.1 Å². The minimum atomic E-state index is 0.771. The second kappa shape index (κ2) is 13.3. The number of nitrogens with zero attached hydrogens (tertiary/aromatic N) is 2. The van der Waals surface area contributed by atoms with Gasteiger partial charge in [-0.1, -0.05) is 86.3 Å². The lowest BCUT2D eigenvalue weighted by Crippen LogP contribution is -2.61. The van der Waals surface area contributed by atoms with Crippen LogP contribution in [0.5, 0.6) is 0 Å². The standard InChI is InChI=1S/C48H64N2S2/c1-3-11-29(12-4-1)33-21-23-35-37-27-31(19-25-39(37)49-41-15-7-9-17-43(41)51-47(33)45(35)49)32-20-26-40-38(28-32)36-24-22-34(30-13-5-2-6-14-30)48-46(36)50(40)42-16-8-10-18-44(42)52-48/h1-6,11-14,31-48H,7-10,15-28H2. The fourth-order valence-corrected chi connectivity index (χ4v) is 20.8. The van der Waals surface area contributed by atoms with Crippen molar-refractivity contribution < 1.29 is 0 Å². The smallest absolute Gasteiger partial charge is 0.0278 e. The summed E-state index contributed by atoms with van der Waals surface area (Å²) in [7, 11) is 0. The molecule has 2 aromatic carbocycles. The highest BCUT2D eigenvalue weighted by Gasteiger charge is 2.64. The van der Waals surface area contributed by atoms with Crippen LogP contribution in [0.2, 0.25) is 0 Å². The lowest BCUT2D eigenvalue weighted by Gasteiger charge is -2.55. The zero-order chi connectivity index (χ0) is 33.9. The molecule has 4 heterocycles. The quantitative estimate of drug-likeness (QED) is 0.310. The third kappa shape index (κ3) is 5.10. The SMILES string of the molecule is c1ccc(C2CCC3C4CC(C5CCC6C(C5)C5CCC(c7ccccc7)C7SC8CCCCC8N6C57)CCC4N4C5CCCCC5SC2C34)cc1. The maximum absolute atomic E-state index is 3.32. The number of fused-ring (bicyclic) bond motifs is 10. The van der Waals surface area contributed by atoms with Crippen LogP contribution >= 0.6 is 23.5 Å². The maximum atomic E-state index is 3.32. The molecule has 4 aliphatic heterocycles. The Morgan fingerprint density at radius 1 is 0.404 bits per heavy atom. The molecule has 2 aromatic rings. The molecule has 0 radical (unpaired) electrons. The van der Waals surface area contributed by atoms with Gasteiger partial charge < -0.3 is 0 Å². The van der Waals surface area contributed by atoms with Crippen molar-refractivity contribution in [3.05, 3.63) is 71.8 Å². The average Bonchev–Trinajstić information content (AvgIpc) is 3.73. The highest BCUT2D eigenvalue weighted by Crippen LogP contribution is 2.64. The van der Waals surface area contributed by atoms with Gasteiger partial charge in [-0.3, -0.25) is 9.80 Å². The van der Waals surface area contributed by atoms with E-state index < -0.39 is 0 Å². The lowest BCUT2D eigenvalue weighted by atomic mass is 9.61. The normalized spacial score (nSPS) is 50.9. The molecule has 6 aliphatic carbocycles. The molecule has 12 rings (SSSR count). The summed E-state index contributed by atoms with van der Waals surface area (Å²) in [6.45, 7) is 0. The van der Waals surface area contributed by atoms with E-state index in [1.165, 1.54) is 89.9 Å². The van der Waals surface area contributed by atoms with Crippen LogP contribution < -0.4 is 0 Å². The van der Waals surface area contributed by atoms with Crippen LogP contribution in [-0.2, 0) is 0 Å². The summed E-state index contributed by atoms with van der Waals surface area (Å²) >= 11 is 5.02. The minimum Gasteiger partial charge on any atom is -0.292 e. The van der Waals surface area contributed by atoms with Crippen molar-refractivity contribution in [3.63, 3.8) is 0 Å². The molecule has 52 heavy (non-hydrogen) atoms. The summed E-state index contributed by atoms with van der Waals surface area (Å²) in [6.07, 6.45) is 27.1. The molecule has 6 saturated carbocycles. The summed E-state index contributed by atoms with van der Waals surface area (Å²) < 4.78 is 0. The van der Waals surface area contributed by atoms with Crippen molar-refractivity contribution >= 4 is 23.5 Å². The molecule has 0 N–H and O–H groups in total. The summed E-state index contributed by atoms with van der Waals surface area (Å²) in [4.78, 5) is 6.64. The largest absolute Gasteiger partial charge is 0.292 e. The predicted octanol–water partition coefficient (Wildman–Crippen LogP) is 11.2. The maximum Gasteiger partial charge on any atom is 0.0278 e. The first-order valence-electron chi connectivity index (χ1n) is 22.8. The molecular weight excluding hydrogens is 669 g/mol. The second-order valence-electron chi connectivity index (χ2n) is 20.0. The van der Waals surface area contributed by atoms with Gasteiger partial charge in [0, 0.05) is 57.3 Å². The van der Waals surface area contributed by atoms with Crippen molar-refractivity contribution in [3.8, 4) is 0 Å². The number of thioether (sulfide) groups is 2. The van der Waals surface area contributed by atoms with Crippen molar-refractivity contribution in [1.29, 1.82) is 0 Å². The molecule has 18 unspecified atom stereocenters. The van der Waals surface area contributed by atoms with Crippen LogP contribution in [0.3, 0.4) is 0 Å². The van der Waals surface area contributed by atoms with E-state index >= 15 is 0 Å². The summed E-state index contributed by atoms with van der Waals surface area (Å²) in [5.74, 6) is 7.48. The third-order valence-corrected chi connectivity index (χ3v) is 21.9. The van der Waals surface area contributed by atoms with Crippen molar-refractivity contribution in [2.45, 2.75) is 185 Å². The Morgan fingerprint density at radius 2 is 0.846 bits per heavy atom. The Bertz CT molecular complexity index is 1470. The molecule has 18 atom stereocenters. The van der Waals surface area contributed by atoms with Crippen LogP contribution in [0.1, 0.15) is 139 Å². The van der Waals surface area contributed by atoms with Crippen molar-refractivity contribution in [2.24, 2.45) is 35.5 Å². The van der Waals surface area contributed by atoms with E-state index in [4.69, 9.17) is 0 Å². The Hall–Kier alpha value is -0.940. The van der Waals surface area contributed by atoms with Crippen LogP contribution in [0, 0.1) is 35.5 Å². The van der Waals surface area contributed by atoms with E-state index in [1.54, 1.807) is 36.8 Å². The van der Waals surface area contributed by atoms with Gasteiger partial charge in [-0.2, -0.15) is 23.5 Å². The Labute approximate surface area is 323 Å². The van der Waals surface area contributed by atoms with Crippen LogP contribution in [0.15, 0.2) is 60.7 Å². The van der Waals surface area contributed by atoms with Crippen molar-refractivity contribution in [1.82, 2.24) is 9.80 Å². The minimum absolute atomic E-state index is 0.771. The topological polar surface area (TPSA) is 6.48 Å². The van der Waals surface area contributed by atoms with E-state index in [0.717, 1.165) is 105 Å². The zero-order valence-corrected chi connectivity index (χ0v) is 33.2. The highest BCUT2D eigenvalue weighted by atomic mass is 32.2. The molecular formula is C48H64N2S2. The predicted molar refractivity (Wildman–Crippen MR) is 219 cm³/mol. The Kier molecular flexibility index (Phi) is 8.52. The fourth-order valence-electron chi connectivity index (χ4n) is 16.5. The Morgan fingerprint density at radius 3 is 1.31 bits per heavy atom. The van der Waals surface area contributed by atoms with Gasteiger partial charge >= 0.3 is 0 Å². The average molecular weight is 733 g/mol. The van der Waals surface area contributed by atoms with Crippen LogP contribution in [0.25, 0.3) is 0 Å². The van der Waals surface area contributed by atoms with E-state index in [0.29, 0.717) is 0 Å². The van der Waals surface area contributed by atoms with Gasteiger partial charge in [0.25, 0.3) is 0 Å². The van der Waals surface area contributed by atoms with Gasteiger partial charge in [-0.15, -0.1) is 0 Å². The molecule has 0 bridgehead atoms. The van der Waals surface area contributed by atoms with E-state index in [9.17, 15) is 0 Å². The summed E-state index contributed by atoms with van der Waals surface area (Å²) in [5, 5.41) is 3.46. The molecule has 10 aliphatic rings.